The summed E-state index contributed by atoms with van der Waals surface area (Å²) in [6.07, 6.45) is 1.55. The molecule has 0 saturated carbocycles. The molecule has 0 unspecified atom stereocenters. The Morgan fingerprint density at radius 2 is 1.65 bits per heavy atom. The lowest BCUT2D eigenvalue weighted by Gasteiger charge is -2.10. The average molecular weight is 355 g/mol. The molecule has 2 aromatic rings. The number of benzene rings is 2. The lowest BCUT2D eigenvalue weighted by atomic mass is 10.1. The molecule has 0 bridgehead atoms. The summed E-state index contributed by atoms with van der Waals surface area (Å²) in [5.74, 6) is -0.222. The summed E-state index contributed by atoms with van der Waals surface area (Å²) in [7, 11) is 0. The Hall–Kier alpha value is -2.82. The van der Waals surface area contributed by atoms with Crippen molar-refractivity contribution in [3.05, 3.63) is 65.2 Å². The van der Waals surface area contributed by atoms with Crippen LogP contribution in [0.4, 0.5) is 0 Å². The summed E-state index contributed by atoms with van der Waals surface area (Å²) in [6, 6.07) is 15.6. The molecule has 1 amide bonds. The molecule has 0 atom stereocenters. The molecule has 0 saturated heterocycles. The lowest BCUT2D eigenvalue weighted by Crippen LogP contribution is -2.31. The van der Waals surface area contributed by atoms with Crippen LogP contribution in [0.25, 0.3) is 0 Å². The van der Waals surface area contributed by atoms with Crippen LogP contribution in [0.3, 0.4) is 0 Å². The van der Waals surface area contributed by atoms with Crippen LogP contribution in [0, 0.1) is 6.92 Å². The lowest BCUT2D eigenvalue weighted by molar-refractivity contribution is -0.150. The SMILES string of the molecule is CCc1ccccc1OCC(=O)OCC(=O)NCCc1ccccc1C. The summed E-state index contributed by atoms with van der Waals surface area (Å²) in [4.78, 5) is 23.5. The van der Waals surface area contributed by atoms with Gasteiger partial charge in [0.25, 0.3) is 5.91 Å². The van der Waals surface area contributed by atoms with Gasteiger partial charge in [0.15, 0.2) is 13.2 Å². The van der Waals surface area contributed by atoms with Crippen molar-refractivity contribution >= 4 is 11.9 Å². The van der Waals surface area contributed by atoms with E-state index in [2.05, 4.69) is 5.32 Å². The highest BCUT2D eigenvalue weighted by atomic mass is 16.6. The largest absolute Gasteiger partial charge is 0.482 e. The van der Waals surface area contributed by atoms with Crippen molar-refractivity contribution < 1.29 is 19.1 Å². The number of hydrogen-bond donors (Lipinski definition) is 1. The maximum Gasteiger partial charge on any atom is 0.344 e. The first-order chi connectivity index (χ1) is 12.6. The van der Waals surface area contributed by atoms with Crippen molar-refractivity contribution in [3.8, 4) is 5.75 Å². The molecule has 1 N–H and O–H groups in total. The number of carbonyl (C=O) groups excluding carboxylic acids is 2. The van der Waals surface area contributed by atoms with Crippen LogP contribution in [-0.4, -0.2) is 31.6 Å². The van der Waals surface area contributed by atoms with E-state index in [1.54, 1.807) is 0 Å². The summed E-state index contributed by atoms with van der Waals surface area (Å²) in [6.45, 7) is 4.04. The third-order valence-electron chi connectivity index (χ3n) is 4.04. The minimum atomic E-state index is -0.565. The van der Waals surface area contributed by atoms with Crippen LogP contribution in [-0.2, 0) is 27.2 Å². The minimum Gasteiger partial charge on any atom is -0.482 e. The monoisotopic (exact) mass is 355 g/mol. The molecule has 0 radical (unpaired) electrons. The number of carbonyl (C=O) groups is 2. The van der Waals surface area contributed by atoms with E-state index in [-0.39, 0.29) is 19.1 Å². The average Bonchev–Trinajstić information content (AvgIpc) is 2.66. The number of ether oxygens (including phenoxy) is 2. The number of rotatable bonds is 9. The minimum absolute atomic E-state index is 0.215. The molecule has 5 nitrogen and oxygen atoms in total. The van der Waals surface area contributed by atoms with E-state index in [0.29, 0.717) is 12.3 Å². The predicted molar refractivity (Wildman–Crippen MR) is 100 cm³/mol. The van der Waals surface area contributed by atoms with E-state index >= 15 is 0 Å². The van der Waals surface area contributed by atoms with Crippen molar-refractivity contribution in [2.24, 2.45) is 0 Å². The van der Waals surface area contributed by atoms with Gasteiger partial charge in [-0.25, -0.2) is 4.79 Å². The van der Waals surface area contributed by atoms with Gasteiger partial charge >= 0.3 is 5.97 Å². The molecule has 0 spiro atoms. The topological polar surface area (TPSA) is 64.6 Å². The highest BCUT2D eigenvalue weighted by Gasteiger charge is 2.09. The second kappa shape index (κ2) is 10.2. The number of esters is 1. The van der Waals surface area contributed by atoms with Gasteiger partial charge in [-0.2, -0.15) is 0 Å². The highest BCUT2D eigenvalue weighted by molar-refractivity contribution is 5.80. The number of hydrogen-bond acceptors (Lipinski definition) is 4. The maximum absolute atomic E-state index is 11.8. The predicted octanol–water partition coefficient (Wildman–Crippen LogP) is 2.84. The van der Waals surface area contributed by atoms with Crippen LogP contribution in [0.2, 0.25) is 0 Å². The van der Waals surface area contributed by atoms with Crippen LogP contribution < -0.4 is 10.1 Å². The number of aryl methyl sites for hydroxylation is 2. The molecule has 0 fully saturated rings. The molecule has 0 aromatic heterocycles. The van der Waals surface area contributed by atoms with Gasteiger partial charge in [-0.3, -0.25) is 4.79 Å². The van der Waals surface area contributed by atoms with Gasteiger partial charge in [-0.15, -0.1) is 0 Å². The molecule has 26 heavy (non-hydrogen) atoms. The second-order valence-electron chi connectivity index (χ2n) is 5.94. The van der Waals surface area contributed by atoms with E-state index in [1.807, 2.05) is 62.4 Å². The Labute approximate surface area is 154 Å². The summed E-state index contributed by atoms with van der Waals surface area (Å²) in [5, 5.41) is 2.75. The first-order valence-electron chi connectivity index (χ1n) is 8.77. The Morgan fingerprint density at radius 3 is 2.38 bits per heavy atom. The summed E-state index contributed by atoms with van der Waals surface area (Å²) >= 11 is 0. The van der Waals surface area contributed by atoms with Gasteiger partial charge in [-0.1, -0.05) is 49.4 Å². The third kappa shape index (κ3) is 6.24. The fourth-order valence-electron chi connectivity index (χ4n) is 2.54. The van der Waals surface area contributed by atoms with Crippen LogP contribution in [0.5, 0.6) is 5.75 Å². The molecule has 138 valence electrons. The maximum atomic E-state index is 11.8. The van der Waals surface area contributed by atoms with Crippen molar-refractivity contribution in [2.75, 3.05) is 19.8 Å². The molecule has 0 aliphatic rings. The fraction of sp³-hybridized carbons (Fsp3) is 0.333. The molecule has 2 rings (SSSR count). The van der Waals surface area contributed by atoms with E-state index < -0.39 is 5.97 Å². The van der Waals surface area contributed by atoms with Crippen molar-refractivity contribution in [1.29, 1.82) is 0 Å². The van der Waals surface area contributed by atoms with Crippen molar-refractivity contribution in [1.82, 2.24) is 5.32 Å². The Kier molecular flexibility index (Phi) is 7.68. The standard InChI is InChI=1S/C21H25NO4/c1-3-17-9-6-7-11-19(17)25-15-21(24)26-14-20(23)22-13-12-18-10-5-4-8-16(18)2/h4-11H,3,12-15H2,1-2H3,(H,22,23). The smallest absolute Gasteiger partial charge is 0.344 e. The molecule has 0 aliphatic carbocycles. The first kappa shape index (κ1) is 19.5. The Morgan fingerprint density at radius 1 is 0.962 bits per heavy atom. The van der Waals surface area contributed by atoms with Gasteiger partial charge in [-0.05, 0) is 42.5 Å². The summed E-state index contributed by atoms with van der Waals surface area (Å²) < 4.78 is 10.4. The second-order valence-corrected chi connectivity index (χ2v) is 5.94. The number of para-hydroxylation sites is 1. The molecule has 0 heterocycles. The van der Waals surface area contributed by atoms with Gasteiger partial charge in [0, 0.05) is 6.54 Å². The third-order valence-corrected chi connectivity index (χ3v) is 4.04. The highest BCUT2D eigenvalue weighted by Crippen LogP contribution is 2.18. The van der Waals surface area contributed by atoms with E-state index in [9.17, 15) is 9.59 Å². The quantitative estimate of drug-likeness (QED) is 0.703. The Bertz CT molecular complexity index is 742. The van der Waals surface area contributed by atoms with Gasteiger partial charge in [0.2, 0.25) is 0 Å². The van der Waals surface area contributed by atoms with E-state index in [0.717, 1.165) is 18.4 Å². The van der Waals surface area contributed by atoms with Crippen molar-refractivity contribution in [3.63, 3.8) is 0 Å². The van der Waals surface area contributed by atoms with Crippen molar-refractivity contribution in [2.45, 2.75) is 26.7 Å². The molecular formula is C21H25NO4. The van der Waals surface area contributed by atoms with Crippen LogP contribution in [0.1, 0.15) is 23.6 Å². The van der Waals surface area contributed by atoms with Crippen LogP contribution >= 0.6 is 0 Å². The molecule has 0 aliphatic heterocycles. The zero-order valence-corrected chi connectivity index (χ0v) is 15.3. The van der Waals surface area contributed by atoms with E-state index in [1.165, 1.54) is 11.1 Å². The van der Waals surface area contributed by atoms with E-state index in [4.69, 9.17) is 9.47 Å². The normalized spacial score (nSPS) is 10.2. The zero-order valence-electron chi connectivity index (χ0n) is 15.3. The molecular weight excluding hydrogens is 330 g/mol. The van der Waals surface area contributed by atoms with Gasteiger partial charge in [0.1, 0.15) is 5.75 Å². The fourth-order valence-corrected chi connectivity index (χ4v) is 2.54. The Balaban J connectivity index is 1.65. The number of amides is 1. The van der Waals surface area contributed by atoms with Gasteiger partial charge < -0.3 is 14.8 Å². The van der Waals surface area contributed by atoms with Gasteiger partial charge in [0.05, 0.1) is 0 Å². The molecule has 5 heteroatoms. The summed E-state index contributed by atoms with van der Waals surface area (Å²) in [5.41, 5.74) is 3.40. The number of nitrogens with one attached hydrogen (secondary N) is 1. The van der Waals surface area contributed by atoms with Crippen LogP contribution in [0.15, 0.2) is 48.5 Å². The first-order valence-corrected chi connectivity index (χ1v) is 8.77. The molecule has 2 aromatic carbocycles. The zero-order chi connectivity index (χ0) is 18.8.